The lowest BCUT2D eigenvalue weighted by atomic mass is 10.5. The van der Waals surface area contributed by atoms with Crippen LogP contribution in [0.3, 0.4) is 0 Å². The Morgan fingerprint density at radius 1 is 1.53 bits per heavy atom. The number of sulfonamides is 1. The molecular weight excluding hydrogens is 282 g/mol. The maximum absolute atomic E-state index is 12.0. The first-order valence-electron chi connectivity index (χ1n) is 4.44. The van der Waals surface area contributed by atoms with Crippen LogP contribution in [0.2, 0.25) is 0 Å². The van der Waals surface area contributed by atoms with E-state index in [9.17, 15) is 13.2 Å². The Kier molecular flexibility index (Phi) is 3.15. The summed E-state index contributed by atoms with van der Waals surface area (Å²) in [6, 6.07) is 1.73. The van der Waals surface area contributed by atoms with Crippen molar-refractivity contribution in [2.24, 2.45) is 0 Å². The van der Waals surface area contributed by atoms with Gasteiger partial charge in [-0.2, -0.15) is 4.68 Å². The third kappa shape index (κ3) is 2.45. The molecule has 9 heteroatoms. The summed E-state index contributed by atoms with van der Waals surface area (Å²) < 4.78 is 23.8. The van der Waals surface area contributed by atoms with Crippen LogP contribution in [0.15, 0.2) is 21.4 Å². The smallest absolute Gasteiger partial charge is 0.266 e. The minimum absolute atomic E-state index is 0.311. The van der Waals surface area contributed by atoms with Gasteiger partial charge in [0.15, 0.2) is 5.16 Å². The van der Waals surface area contributed by atoms with E-state index in [0.717, 1.165) is 10.9 Å². The van der Waals surface area contributed by atoms with Crippen LogP contribution >= 0.6 is 23.1 Å². The molecule has 0 unspecified atom stereocenters. The summed E-state index contributed by atoms with van der Waals surface area (Å²) in [5.74, 6) is 0. The van der Waals surface area contributed by atoms with E-state index in [4.69, 9.17) is 0 Å². The van der Waals surface area contributed by atoms with Crippen molar-refractivity contribution in [2.45, 2.75) is 5.16 Å². The lowest BCUT2D eigenvalue weighted by Crippen LogP contribution is -2.34. The second-order valence-electron chi connectivity index (χ2n) is 3.24. The number of aromatic nitrogens is 2. The number of rotatable bonds is 3. The van der Waals surface area contributed by atoms with Gasteiger partial charge in [-0.3, -0.25) is 4.79 Å². The van der Waals surface area contributed by atoms with Crippen molar-refractivity contribution in [3.05, 3.63) is 21.8 Å². The topological polar surface area (TPSA) is 81.1 Å². The van der Waals surface area contributed by atoms with Crippen LogP contribution in [0.4, 0.5) is 0 Å². The van der Waals surface area contributed by atoms with Gasteiger partial charge in [0.25, 0.3) is 5.56 Å². The van der Waals surface area contributed by atoms with E-state index in [1.807, 2.05) is 0 Å². The van der Waals surface area contributed by atoms with Crippen molar-refractivity contribution in [1.82, 2.24) is 9.66 Å². The number of hydrogen-bond donors (Lipinski definition) is 1. The first kappa shape index (κ1) is 12.4. The summed E-state index contributed by atoms with van der Waals surface area (Å²) in [4.78, 5) is 18.4. The fourth-order valence-corrected chi connectivity index (χ4v) is 3.09. The van der Waals surface area contributed by atoms with Gasteiger partial charge in [-0.15, -0.1) is 11.3 Å². The summed E-state index contributed by atoms with van der Waals surface area (Å²) in [6.07, 6.45) is 2.71. The van der Waals surface area contributed by atoms with Crippen molar-refractivity contribution in [3.63, 3.8) is 0 Å². The average molecular weight is 291 g/mol. The minimum atomic E-state index is -3.52. The summed E-state index contributed by atoms with van der Waals surface area (Å²) in [5, 5.41) is 2.06. The van der Waals surface area contributed by atoms with Crippen LogP contribution in [0.25, 0.3) is 10.2 Å². The predicted molar refractivity (Wildman–Crippen MR) is 69.9 cm³/mol. The van der Waals surface area contributed by atoms with Crippen LogP contribution in [0.1, 0.15) is 0 Å². The highest BCUT2D eigenvalue weighted by atomic mass is 32.2. The molecule has 0 saturated carbocycles. The van der Waals surface area contributed by atoms with Crippen molar-refractivity contribution in [3.8, 4) is 0 Å². The maximum atomic E-state index is 12.0. The fourth-order valence-electron chi connectivity index (χ4n) is 1.28. The monoisotopic (exact) mass is 291 g/mol. The quantitative estimate of drug-likeness (QED) is 0.664. The average Bonchev–Trinajstić information content (AvgIpc) is 2.68. The minimum Gasteiger partial charge on any atom is -0.266 e. The Morgan fingerprint density at radius 3 is 2.82 bits per heavy atom. The van der Waals surface area contributed by atoms with Gasteiger partial charge in [0.1, 0.15) is 4.70 Å². The first-order chi connectivity index (χ1) is 7.92. The molecule has 92 valence electrons. The predicted octanol–water partition coefficient (Wildman–Crippen LogP) is 0.683. The number of thioether (sulfide) groups is 1. The van der Waals surface area contributed by atoms with Gasteiger partial charge in [-0.05, 0) is 17.7 Å². The molecule has 0 aliphatic rings. The molecule has 6 nitrogen and oxygen atoms in total. The molecule has 0 saturated heterocycles. The summed E-state index contributed by atoms with van der Waals surface area (Å²) in [7, 11) is -3.52. The highest BCUT2D eigenvalue weighted by molar-refractivity contribution is 7.98. The van der Waals surface area contributed by atoms with E-state index in [2.05, 4.69) is 9.82 Å². The molecule has 2 heterocycles. The van der Waals surface area contributed by atoms with E-state index in [1.165, 1.54) is 23.1 Å². The van der Waals surface area contributed by atoms with Gasteiger partial charge in [-0.1, -0.05) is 11.8 Å². The summed E-state index contributed by atoms with van der Waals surface area (Å²) in [6.45, 7) is 0. The SMILES string of the molecule is CSc1nc2ccsc2c(=O)n1NS(C)(=O)=O. The van der Waals surface area contributed by atoms with Crippen molar-refractivity contribution in [1.29, 1.82) is 0 Å². The van der Waals surface area contributed by atoms with E-state index in [-0.39, 0.29) is 0 Å². The Balaban J connectivity index is 2.75. The zero-order chi connectivity index (χ0) is 12.6. The molecule has 0 spiro atoms. The molecule has 1 N–H and O–H groups in total. The van der Waals surface area contributed by atoms with Gasteiger partial charge >= 0.3 is 0 Å². The molecule has 0 amide bonds. The van der Waals surface area contributed by atoms with E-state index in [0.29, 0.717) is 15.4 Å². The van der Waals surface area contributed by atoms with Crippen molar-refractivity contribution in [2.75, 3.05) is 17.3 Å². The molecule has 0 radical (unpaired) electrons. The van der Waals surface area contributed by atoms with E-state index >= 15 is 0 Å². The molecule has 0 aliphatic heterocycles. The zero-order valence-electron chi connectivity index (χ0n) is 9.00. The second kappa shape index (κ2) is 4.31. The van der Waals surface area contributed by atoms with Gasteiger partial charge in [0, 0.05) is 0 Å². The van der Waals surface area contributed by atoms with E-state index in [1.54, 1.807) is 17.7 Å². The number of nitrogens with zero attached hydrogens (tertiary/aromatic N) is 2. The van der Waals surface area contributed by atoms with Crippen molar-refractivity contribution < 1.29 is 8.42 Å². The first-order valence-corrected chi connectivity index (χ1v) is 8.44. The van der Waals surface area contributed by atoms with Crippen LogP contribution in [-0.2, 0) is 10.0 Å². The Morgan fingerprint density at radius 2 is 2.24 bits per heavy atom. The normalized spacial score (nSPS) is 11.9. The Hall–Kier alpha value is -1.06. The lowest BCUT2D eigenvalue weighted by molar-refractivity contribution is 0.596. The van der Waals surface area contributed by atoms with Gasteiger partial charge in [-0.25, -0.2) is 18.2 Å². The third-order valence-electron chi connectivity index (χ3n) is 1.89. The molecule has 17 heavy (non-hydrogen) atoms. The third-order valence-corrected chi connectivity index (χ3v) is 3.93. The van der Waals surface area contributed by atoms with Gasteiger partial charge in [0.2, 0.25) is 10.0 Å². The van der Waals surface area contributed by atoms with Crippen LogP contribution in [0, 0.1) is 0 Å². The van der Waals surface area contributed by atoms with Crippen molar-refractivity contribution >= 4 is 43.3 Å². The number of fused-ring (bicyclic) bond motifs is 1. The number of thiophene rings is 1. The molecule has 0 aromatic carbocycles. The molecule has 2 rings (SSSR count). The molecule has 0 fully saturated rings. The molecule has 0 bridgehead atoms. The largest absolute Gasteiger partial charge is 0.291 e. The lowest BCUT2D eigenvalue weighted by Gasteiger charge is -2.10. The maximum Gasteiger partial charge on any atom is 0.291 e. The summed E-state index contributed by atoms with van der Waals surface area (Å²) >= 11 is 2.43. The Labute approximate surface area is 106 Å². The molecule has 2 aromatic rings. The van der Waals surface area contributed by atoms with E-state index < -0.39 is 15.6 Å². The van der Waals surface area contributed by atoms with Crippen LogP contribution in [0.5, 0.6) is 0 Å². The number of nitrogens with one attached hydrogen (secondary N) is 1. The highest BCUT2D eigenvalue weighted by Crippen LogP contribution is 2.18. The van der Waals surface area contributed by atoms with Gasteiger partial charge < -0.3 is 0 Å². The number of hydrogen-bond acceptors (Lipinski definition) is 6. The summed E-state index contributed by atoms with van der Waals surface area (Å²) in [5.41, 5.74) is 0.177. The highest BCUT2D eigenvalue weighted by Gasteiger charge is 2.13. The zero-order valence-corrected chi connectivity index (χ0v) is 11.4. The molecule has 0 aliphatic carbocycles. The van der Waals surface area contributed by atoms with Crippen LogP contribution < -0.4 is 10.4 Å². The Bertz CT molecular complexity index is 716. The van der Waals surface area contributed by atoms with Crippen LogP contribution in [-0.4, -0.2) is 30.6 Å². The van der Waals surface area contributed by atoms with Gasteiger partial charge in [0.05, 0.1) is 11.8 Å². The fraction of sp³-hybridized carbons (Fsp3) is 0.250. The second-order valence-corrected chi connectivity index (χ2v) is 6.65. The molecule has 2 aromatic heterocycles. The standard InChI is InChI=1S/C8H9N3O3S3/c1-15-8-9-5-3-4-16-6(5)7(12)11(8)10-17(2,13)14/h3-4,10H,1-2H3. The molecule has 0 atom stereocenters. The molecular formula is C8H9N3O3S3.